The van der Waals surface area contributed by atoms with Crippen molar-refractivity contribution in [3.63, 3.8) is 0 Å². The highest BCUT2D eigenvalue weighted by atomic mass is 32.1. The number of hydrogen-bond acceptors (Lipinski definition) is 12. The number of aliphatic imine (C=N–C) groups is 2. The van der Waals surface area contributed by atoms with Gasteiger partial charge in [-0.1, -0.05) is 71.9 Å². The van der Waals surface area contributed by atoms with Crippen LogP contribution in [0.3, 0.4) is 0 Å². The van der Waals surface area contributed by atoms with Crippen molar-refractivity contribution in [2.45, 2.75) is 97.2 Å². The molecule has 4 amide bonds. The summed E-state index contributed by atoms with van der Waals surface area (Å²) < 4.78 is 12.0. The molecular weight excluding hydrogens is 717 g/mol. The van der Waals surface area contributed by atoms with Crippen molar-refractivity contribution in [3.05, 3.63) is 68.1 Å². The summed E-state index contributed by atoms with van der Waals surface area (Å²) in [5.74, 6) is -1.38. The first-order chi connectivity index (χ1) is 25.3. The van der Waals surface area contributed by atoms with E-state index in [0.717, 1.165) is 5.56 Å². The number of ether oxygens (including phenoxy) is 2. The van der Waals surface area contributed by atoms with Gasteiger partial charge in [0.25, 0.3) is 11.8 Å². The molecule has 8 bridgehead atoms. The Balaban J connectivity index is 1.36. The van der Waals surface area contributed by atoms with E-state index in [9.17, 15) is 19.2 Å². The van der Waals surface area contributed by atoms with Gasteiger partial charge in [-0.2, -0.15) is 0 Å². The van der Waals surface area contributed by atoms with E-state index in [4.69, 9.17) is 9.47 Å². The molecule has 2 aromatic heterocycles. The van der Waals surface area contributed by atoms with Gasteiger partial charge in [-0.05, 0) is 36.7 Å². The zero-order valence-electron chi connectivity index (χ0n) is 30.8. The van der Waals surface area contributed by atoms with Gasteiger partial charge in [-0.3, -0.25) is 19.2 Å². The Morgan fingerprint density at radius 2 is 1.30 bits per heavy atom. The summed E-state index contributed by atoms with van der Waals surface area (Å²) in [6.07, 6.45) is -0.172. The van der Waals surface area contributed by atoms with E-state index in [-0.39, 0.29) is 59.4 Å². The molecule has 3 aliphatic rings. The highest BCUT2D eigenvalue weighted by Gasteiger charge is 2.40. The van der Waals surface area contributed by atoms with E-state index in [1.54, 1.807) is 17.7 Å². The van der Waals surface area contributed by atoms with E-state index in [0.29, 0.717) is 16.4 Å². The topological polar surface area (TPSA) is 185 Å². The number of nitrogens with one attached hydrogen (secondary N) is 4. The molecule has 7 atom stereocenters. The van der Waals surface area contributed by atoms with Crippen molar-refractivity contribution in [3.8, 4) is 0 Å². The predicted molar refractivity (Wildman–Crippen MR) is 202 cm³/mol. The Labute approximate surface area is 316 Å². The van der Waals surface area contributed by atoms with Crippen LogP contribution < -0.4 is 21.3 Å². The SMILES string of the molecule is CC(C)C1NC(=O)c2csc(n2)[C@@H](C(C)C)NC(=O)C2N=C(O[C@@H]2C)C(C(C)C)NC(=O)c2csc(n2)[C@@H](Cc2ccccc2)NC(=O)C2COC1=N2. The van der Waals surface area contributed by atoms with E-state index in [2.05, 4.69) is 41.2 Å². The van der Waals surface area contributed by atoms with Crippen LogP contribution in [0.1, 0.15) is 97.1 Å². The number of benzene rings is 1. The van der Waals surface area contributed by atoms with Crippen LogP contribution in [0.25, 0.3) is 0 Å². The molecule has 6 rings (SSSR count). The summed E-state index contributed by atoms with van der Waals surface area (Å²) >= 11 is 2.54. The third kappa shape index (κ3) is 8.59. The number of rotatable bonds is 5. The second kappa shape index (κ2) is 16.1. The van der Waals surface area contributed by atoms with Crippen molar-refractivity contribution in [2.24, 2.45) is 27.7 Å². The van der Waals surface area contributed by atoms with Gasteiger partial charge >= 0.3 is 0 Å². The summed E-state index contributed by atoms with van der Waals surface area (Å²) in [5.41, 5.74) is 1.34. The lowest BCUT2D eigenvalue weighted by Gasteiger charge is -2.23. The number of carbonyl (C=O) groups excluding carboxylic acids is 4. The van der Waals surface area contributed by atoms with Gasteiger partial charge in [0.05, 0.1) is 12.1 Å². The average molecular weight is 763 g/mol. The van der Waals surface area contributed by atoms with Gasteiger partial charge in [0.1, 0.15) is 46.2 Å². The van der Waals surface area contributed by atoms with Gasteiger partial charge in [0.15, 0.2) is 12.1 Å². The van der Waals surface area contributed by atoms with Gasteiger partial charge in [0, 0.05) is 10.8 Å². The molecule has 4 N–H and O–H groups in total. The average Bonchev–Trinajstić information content (AvgIpc) is 3.94. The minimum absolute atomic E-state index is 0.00259. The molecule has 53 heavy (non-hydrogen) atoms. The van der Waals surface area contributed by atoms with Crippen LogP contribution in [0.15, 0.2) is 51.1 Å². The molecule has 5 heterocycles. The van der Waals surface area contributed by atoms with Crippen molar-refractivity contribution >= 4 is 58.1 Å². The van der Waals surface area contributed by atoms with E-state index < -0.39 is 54.2 Å². The van der Waals surface area contributed by atoms with Gasteiger partial charge < -0.3 is 30.7 Å². The fourth-order valence-electron chi connectivity index (χ4n) is 6.26. The summed E-state index contributed by atoms with van der Waals surface area (Å²) in [6, 6.07) is 5.62. The molecule has 0 radical (unpaired) electrons. The zero-order valence-corrected chi connectivity index (χ0v) is 32.4. The molecule has 14 nitrogen and oxygen atoms in total. The third-order valence-corrected chi connectivity index (χ3v) is 11.2. The summed E-state index contributed by atoms with van der Waals surface area (Å²) in [5, 5.41) is 16.6. The smallest absolute Gasteiger partial charge is 0.271 e. The number of aromatic nitrogens is 2. The maximum absolute atomic E-state index is 13.8. The number of thiazole rings is 2. The van der Waals surface area contributed by atoms with E-state index in [1.807, 2.05) is 71.9 Å². The van der Waals surface area contributed by atoms with Crippen LogP contribution >= 0.6 is 22.7 Å². The second-order valence-corrected chi connectivity index (χ2v) is 16.3. The van der Waals surface area contributed by atoms with E-state index >= 15 is 0 Å². The van der Waals surface area contributed by atoms with Crippen molar-refractivity contribution in [1.29, 1.82) is 0 Å². The maximum atomic E-state index is 13.8. The van der Waals surface area contributed by atoms with Gasteiger partial charge in [0.2, 0.25) is 23.6 Å². The molecule has 0 saturated heterocycles. The molecule has 0 spiro atoms. The molecule has 4 unspecified atom stereocenters. The van der Waals surface area contributed by atoms with Crippen molar-refractivity contribution in [2.75, 3.05) is 6.61 Å². The molecular formula is C37H46N8O6S2. The summed E-state index contributed by atoms with van der Waals surface area (Å²) in [7, 11) is 0. The minimum atomic E-state index is -0.867. The van der Waals surface area contributed by atoms with Crippen molar-refractivity contribution in [1.82, 2.24) is 31.2 Å². The molecule has 3 aliphatic heterocycles. The van der Waals surface area contributed by atoms with Gasteiger partial charge in [-0.25, -0.2) is 20.0 Å². The molecule has 0 aliphatic carbocycles. The van der Waals surface area contributed by atoms with Crippen LogP contribution in [0.5, 0.6) is 0 Å². The first-order valence-electron chi connectivity index (χ1n) is 17.9. The number of amides is 4. The third-order valence-electron chi connectivity index (χ3n) is 9.34. The monoisotopic (exact) mass is 762 g/mol. The normalized spacial score (nSPS) is 26.9. The standard InChI is InChI=1S/C37H46N8O6S2/c1-17(2)26-34-39-23(14-50-34)30(46)38-22(13-21-11-9-8-10-12-21)36-40-24(15-52-36)31(47)43-27(18(3)4)35-45-29(20(7)51-35)33(49)44-28(19(5)6)37-41-25(16-53-37)32(48)42-26/h8-12,15-20,22-23,26-29H,13-14H2,1-7H3,(H,38,46)(H,42,48)(H,43,47)(H,44,49)/t20-,22-,23?,26?,27?,28-,29?/m1/s1. The molecule has 3 aromatic rings. The quantitative estimate of drug-likeness (QED) is 0.300. The molecule has 282 valence electrons. The lowest BCUT2D eigenvalue weighted by atomic mass is 10.0. The number of nitrogens with zero attached hydrogens (tertiary/aromatic N) is 4. The highest BCUT2D eigenvalue weighted by molar-refractivity contribution is 7.10. The Morgan fingerprint density at radius 1 is 0.717 bits per heavy atom. The first-order valence-corrected chi connectivity index (χ1v) is 19.7. The number of fused-ring (bicyclic) bond motifs is 6. The predicted octanol–water partition coefficient (Wildman–Crippen LogP) is 4.02. The summed E-state index contributed by atoms with van der Waals surface area (Å²) in [4.78, 5) is 73.3. The minimum Gasteiger partial charge on any atom is -0.477 e. The number of hydrogen-bond donors (Lipinski definition) is 4. The number of carbonyl (C=O) groups is 4. The lowest BCUT2D eigenvalue weighted by molar-refractivity contribution is -0.125. The summed E-state index contributed by atoms with van der Waals surface area (Å²) in [6.45, 7) is 13.4. The van der Waals surface area contributed by atoms with Crippen LogP contribution in [0.4, 0.5) is 0 Å². The van der Waals surface area contributed by atoms with Crippen molar-refractivity contribution < 1.29 is 28.7 Å². The zero-order chi connectivity index (χ0) is 38.0. The fourth-order valence-corrected chi connectivity index (χ4v) is 8.13. The Hall–Kier alpha value is -4.70. The van der Waals surface area contributed by atoms with E-state index in [1.165, 1.54) is 22.7 Å². The Bertz CT molecular complexity index is 1890. The lowest BCUT2D eigenvalue weighted by Crippen LogP contribution is -2.45. The molecule has 1 aromatic carbocycles. The van der Waals surface area contributed by atoms with Gasteiger partial charge in [-0.15, -0.1) is 22.7 Å². The fraction of sp³-hybridized carbons (Fsp3) is 0.514. The van der Waals surface area contributed by atoms with Crippen LogP contribution in [0.2, 0.25) is 0 Å². The molecule has 0 fully saturated rings. The molecule has 0 saturated carbocycles. The Kier molecular flexibility index (Phi) is 11.6. The highest BCUT2D eigenvalue weighted by Crippen LogP contribution is 2.28. The Morgan fingerprint density at radius 3 is 1.92 bits per heavy atom. The van der Waals surface area contributed by atoms with Crippen LogP contribution in [0, 0.1) is 17.8 Å². The largest absolute Gasteiger partial charge is 0.477 e. The van der Waals surface area contributed by atoms with Crippen LogP contribution in [-0.2, 0) is 25.5 Å². The van der Waals surface area contributed by atoms with Crippen LogP contribution in [-0.4, -0.2) is 82.3 Å². The first kappa shape index (κ1) is 38.0. The maximum Gasteiger partial charge on any atom is 0.271 e. The molecule has 16 heteroatoms. The second-order valence-electron chi connectivity index (χ2n) is 14.5.